The van der Waals surface area contributed by atoms with Gasteiger partial charge in [0.15, 0.2) is 0 Å². The van der Waals surface area contributed by atoms with E-state index in [9.17, 15) is 0 Å². The van der Waals surface area contributed by atoms with Gasteiger partial charge in [0.2, 0.25) is 0 Å². The second-order valence-electron chi connectivity index (χ2n) is 8.11. The third kappa shape index (κ3) is 4.60. The topological polar surface area (TPSA) is 85.7 Å². The van der Waals surface area contributed by atoms with Crippen LogP contribution in [0.4, 0.5) is 0 Å². The van der Waals surface area contributed by atoms with Crippen LogP contribution in [-0.2, 0) is 13.0 Å². The number of nitrogens with zero attached hydrogens (tertiary/aromatic N) is 1. The molecule has 5 N–H and O–H groups in total. The number of nitrogens with two attached hydrogens (primary N) is 2. The third-order valence-corrected chi connectivity index (χ3v) is 7.20. The second kappa shape index (κ2) is 9.49. The summed E-state index contributed by atoms with van der Waals surface area (Å²) in [7, 11) is 0. The number of benzene rings is 2. The van der Waals surface area contributed by atoms with Crippen molar-refractivity contribution in [3.8, 4) is 5.75 Å². The second-order valence-corrected chi connectivity index (χ2v) is 8.99. The summed E-state index contributed by atoms with van der Waals surface area (Å²) in [4.78, 5) is 0. The molecule has 0 aliphatic heterocycles. The number of ether oxygens (including phenoxy) is 1. The summed E-state index contributed by atoms with van der Waals surface area (Å²) in [5.41, 5.74) is 7.83. The van der Waals surface area contributed by atoms with Crippen LogP contribution in [0.25, 0.3) is 10.1 Å². The largest absolute Gasteiger partial charge is 0.489 e. The first-order valence-corrected chi connectivity index (χ1v) is 11.5. The van der Waals surface area contributed by atoms with E-state index < -0.39 is 0 Å². The van der Waals surface area contributed by atoms with Crippen molar-refractivity contribution in [1.82, 2.24) is 5.43 Å². The molecular formula is C24H30N4OS. The molecule has 0 spiro atoms. The zero-order valence-electron chi connectivity index (χ0n) is 17.5. The van der Waals surface area contributed by atoms with Gasteiger partial charge in [0, 0.05) is 11.1 Å². The molecule has 0 atom stereocenters. The molecule has 1 aliphatic rings. The number of hydrogen-bond acceptors (Lipinski definition) is 5. The molecule has 6 heteroatoms. The predicted octanol–water partition coefficient (Wildman–Crippen LogP) is 5.11. The van der Waals surface area contributed by atoms with Gasteiger partial charge >= 0.3 is 0 Å². The number of hydrazone groups is 1. The van der Waals surface area contributed by atoms with Gasteiger partial charge in [-0.1, -0.05) is 31.0 Å². The normalized spacial score (nSPS) is 15.1. The Bertz CT molecular complexity index is 1020. The van der Waals surface area contributed by atoms with Crippen molar-refractivity contribution in [3.05, 3.63) is 64.0 Å². The van der Waals surface area contributed by atoms with Gasteiger partial charge in [-0.3, -0.25) is 0 Å². The van der Waals surface area contributed by atoms with E-state index in [1.807, 2.05) is 23.5 Å². The van der Waals surface area contributed by atoms with Crippen LogP contribution < -0.4 is 21.8 Å². The quantitative estimate of drug-likeness (QED) is 0.214. The lowest BCUT2D eigenvalue weighted by molar-refractivity contribution is 0.306. The molecule has 1 aliphatic carbocycles. The number of thiophene rings is 1. The summed E-state index contributed by atoms with van der Waals surface area (Å²) in [5.74, 6) is 12.8. The highest BCUT2D eigenvalue weighted by Crippen LogP contribution is 2.41. The minimum absolute atomic E-state index is 0.581. The molecule has 3 aromatic rings. The highest BCUT2D eigenvalue weighted by molar-refractivity contribution is 7.17. The van der Waals surface area contributed by atoms with Gasteiger partial charge in [-0.25, -0.2) is 5.84 Å². The molecule has 158 valence electrons. The van der Waals surface area contributed by atoms with E-state index in [1.165, 1.54) is 52.5 Å². The predicted molar refractivity (Wildman–Crippen MR) is 126 cm³/mol. The Kier molecular flexibility index (Phi) is 6.55. The number of hydrazine groups is 1. The van der Waals surface area contributed by atoms with Gasteiger partial charge in [0.1, 0.15) is 18.2 Å². The van der Waals surface area contributed by atoms with Crippen LogP contribution in [0.15, 0.2) is 46.9 Å². The molecule has 4 rings (SSSR count). The van der Waals surface area contributed by atoms with E-state index in [0.717, 1.165) is 18.1 Å². The minimum Gasteiger partial charge on any atom is -0.489 e. The number of nitrogens with one attached hydrogen (secondary N) is 1. The Labute approximate surface area is 182 Å². The van der Waals surface area contributed by atoms with Crippen LogP contribution in [0.2, 0.25) is 0 Å². The molecule has 2 aromatic carbocycles. The maximum atomic E-state index is 6.09. The lowest BCUT2D eigenvalue weighted by atomic mass is 9.95. The molecule has 30 heavy (non-hydrogen) atoms. The van der Waals surface area contributed by atoms with Crippen molar-refractivity contribution in [2.24, 2.45) is 16.8 Å². The zero-order valence-corrected chi connectivity index (χ0v) is 18.3. The number of fused-ring (bicyclic) bond motifs is 1. The molecule has 0 unspecified atom stereocenters. The molecule has 0 bridgehead atoms. The van der Waals surface area contributed by atoms with Crippen LogP contribution >= 0.6 is 11.3 Å². The van der Waals surface area contributed by atoms with Crippen molar-refractivity contribution < 1.29 is 4.74 Å². The van der Waals surface area contributed by atoms with Crippen LogP contribution in [0.3, 0.4) is 0 Å². The Balaban J connectivity index is 1.42. The summed E-state index contributed by atoms with van der Waals surface area (Å²) in [6, 6.07) is 12.8. The summed E-state index contributed by atoms with van der Waals surface area (Å²) in [5, 5.41) is 7.44. The first-order chi connectivity index (χ1) is 14.7. The minimum atomic E-state index is 0.581. The third-order valence-electron chi connectivity index (χ3n) is 6.05. The molecule has 1 aromatic heterocycles. The molecule has 0 radical (unpaired) electrons. The average molecular weight is 423 g/mol. The van der Waals surface area contributed by atoms with Crippen LogP contribution in [0.5, 0.6) is 5.75 Å². The molecule has 5 nitrogen and oxygen atoms in total. The van der Waals surface area contributed by atoms with Crippen molar-refractivity contribution in [1.29, 1.82) is 0 Å². The lowest BCUT2D eigenvalue weighted by Crippen LogP contribution is -2.31. The van der Waals surface area contributed by atoms with Crippen LogP contribution in [0, 0.1) is 6.92 Å². The first kappa shape index (κ1) is 20.7. The van der Waals surface area contributed by atoms with Gasteiger partial charge in [0.05, 0.1) is 0 Å². The van der Waals surface area contributed by atoms with Crippen molar-refractivity contribution in [3.63, 3.8) is 0 Å². The monoisotopic (exact) mass is 422 g/mol. The van der Waals surface area contributed by atoms with Crippen molar-refractivity contribution >= 4 is 27.3 Å². The number of amidine groups is 1. The molecule has 1 fully saturated rings. The van der Waals surface area contributed by atoms with Crippen molar-refractivity contribution in [2.75, 3.05) is 0 Å². The van der Waals surface area contributed by atoms with Crippen molar-refractivity contribution in [2.45, 2.75) is 58.0 Å². The smallest absolute Gasteiger partial charge is 0.136 e. The van der Waals surface area contributed by atoms with E-state index in [4.69, 9.17) is 16.4 Å². The van der Waals surface area contributed by atoms with Crippen LogP contribution in [-0.4, -0.2) is 5.84 Å². The molecular weight excluding hydrogens is 392 g/mol. The fourth-order valence-corrected chi connectivity index (χ4v) is 5.51. The van der Waals surface area contributed by atoms with E-state index in [1.54, 1.807) is 5.56 Å². The fraction of sp³-hybridized carbons (Fsp3) is 0.375. The summed E-state index contributed by atoms with van der Waals surface area (Å²) in [6.45, 7) is 2.79. The highest BCUT2D eigenvalue weighted by atomic mass is 32.1. The molecule has 0 saturated heterocycles. The molecule has 1 saturated carbocycles. The van der Waals surface area contributed by atoms with E-state index in [-0.39, 0.29) is 0 Å². The summed E-state index contributed by atoms with van der Waals surface area (Å²) < 4.78 is 7.52. The van der Waals surface area contributed by atoms with E-state index >= 15 is 0 Å². The Hall–Kier alpha value is -2.57. The summed E-state index contributed by atoms with van der Waals surface area (Å²) >= 11 is 1.89. The van der Waals surface area contributed by atoms with Gasteiger partial charge in [-0.05, 0) is 83.3 Å². The van der Waals surface area contributed by atoms with Crippen LogP contribution in [0.1, 0.15) is 60.3 Å². The van der Waals surface area contributed by atoms with Gasteiger partial charge in [0.25, 0.3) is 0 Å². The van der Waals surface area contributed by atoms with Gasteiger partial charge in [-0.15, -0.1) is 11.3 Å². The molecule has 0 amide bonds. The maximum absolute atomic E-state index is 6.09. The van der Waals surface area contributed by atoms with E-state index in [0.29, 0.717) is 18.9 Å². The Morgan fingerprint density at radius 1 is 1.17 bits per heavy atom. The average Bonchev–Trinajstić information content (AvgIpc) is 3.44. The highest BCUT2D eigenvalue weighted by Gasteiger charge is 2.21. The van der Waals surface area contributed by atoms with Gasteiger partial charge in [-0.2, -0.15) is 5.10 Å². The van der Waals surface area contributed by atoms with E-state index in [2.05, 4.69) is 47.1 Å². The SMILES string of the molecule is Cc1cc(COc2ccc(CC/C(=N/N)NN)cc2)cc2c(C3CCCC3)csc12. The fourth-order valence-electron chi connectivity index (χ4n) is 4.40. The summed E-state index contributed by atoms with van der Waals surface area (Å²) in [6.07, 6.45) is 6.89. The zero-order chi connectivity index (χ0) is 20.9. The number of hydrogen-bond donors (Lipinski definition) is 3. The lowest BCUT2D eigenvalue weighted by Gasteiger charge is -2.11. The Morgan fingerprint density at radius 3 is 2.63 bits per heavy atom. The Morgan fingerprint density at radius 2 is 1.93 bits per heavy atom. The first-order valence-electron chi connectivity index (χ1n) is 10.6. The number of rotatable bonds is 7. The number of aryl methyl sites for hydroxylation is 2. The maximum Gasteiger partial charge on any atom is 0.136 e. The molecule has 1 heterocycles. The standard InChI is InChI=1S/C24H30N4OS/c1-16-12-18(13-21-22(15-30-24(16)21)19-4-2-3-5-19)14-29-20-9-6-17(7-10-20)8-11-23(27-25)28-26/h6-7,9-10,12-13,15,19H,2-5,8,11,14,25-26H2,1H3,(H,27,28). The van der Waals surface area contributed by atoms with Gasteiger partial charge < -0.3 is 16.0 Å².